The van der Waals surface area contributed by atoms with Gasteiger partial charge in [0.2, 0.25) is 0 Å². The number of aromatic nitrogens is 1. The van der Waals surface area contributed by atoms with Gasteiger partial charge in [0, 0.05) is 24.9 Å². The first-order valence-corrected chi connectivity index (χ1v) is 4.58. The molecule has 1 aromatic heterocycles. The van der Waals surface area contributed by atoms with E-state index in [2.05, 4.69) is 9.38 Å². The Morgan fingerprint density at radius 2 is 2.18 bits per heavy atom. The summed E-state index contributed by atoms with van der Waals surface area (Å²) in [5.41, 5.74) is 0.912. The lowest BCUT2D eigenvalue weighted by Crippen LogP contribution is -1.83. The molecule has 0 bridgehead atoms. The smallest absolute Gasteiger partial charge is 0.136 e. The molecule has 0 aliphatic heterocycles. The highest BCUT2D eigenvalue weighted by molar-refractivity contribution is 7.83. The number of rotatable bonds is 2. The summed E-state index contributed by atoms with van der Waals surface area (Å²) in [4.78, 5) is 3.83. The normalized spacial score (nSPS) is 13.5. The second-order valence-electron chi connectivity index (χ2n) is 1.94. The lowest BCUT2D eigenvalue weighted by Gasteiger charge is -1.87. The summed E-state index contributed by atoms with van der Waals surface area (Å²) in [5, 5.41) is 0. The Kier molecular flexibility index (Phi) is 2.92. The summed E-state index contributed by atoms with van der Waals surface area (Å²) in [6, 6.07) is 3.60. The minimum Gasteiger partial charge on any atom is -0.265 e. The van der Waals surface area contributed by atoms with Crippen LogP contribution in [-0.2, 0) is 11.0 Å². The first kappa shape index (κ1) is 8.07. The summed E-state index contributed by atoms with van der Waals surface area (Å²) in [5.74, 6) is 0. The largest absolute Gasteiger partial charge is 0.265 e. The van der Waals surface area contributed by atoms with E-state index in [1.165, 1.54) is 6.26 Å². The summed E-state index contributed by atoms with van der Waals surface area (Å²) in [6.45, 7) is 0. The van der Waals surface area contributed by atoms with Crippen molar-refractivity contribution in [3.05, 3.63) is 30.1 Å². The highest BCUT2D eigenvalue weighted by Crippen LogP contribution is 1.91. The van der Waals surface area contributed by atoms with E-state index >= 15 is 0 Å². The van der Waals surface area contributed by atoms with Gasteiger partial charge in [-0.15, -0.1) is 0 Å². The van der Waals surface area contributed by atoms with E-state index in [4.69, 9.17) is 0 Å². The minimum absolute atomic E-state index is 0.912. The number of hydrogen-bond donors (Lipinski definition) is 0. The molecule has 0 radical (unpaired) electrons. The first-order valence-electron chi connectivity index (χ1n) is 3.06. The van der Waals surface area contributed by atoms with Crippen molar-refractivity contribution >= 4 is 17.2 Å². The minimum atomic E-state index is -1.12. The average Bonchev–Trinajstić information content (AvgIpc) is 2.03. The van der Waals surface area contributed by atoms with E-state index in [1.807, 2.05) is 0 Å². The predicted molar refractivity (Wildman–Crippen MR) is 45.9 cm³/mol. The van der Waals surface area contributed by atoms with Crippen molar-refractivity contribution < 1.29 is 4.21 Å². The van der Waals surface area contributed by atoms with E-state index in [-0.39, 0.29) is 0 Å². The fraction of sp³-hybridized carbons (Fsp3) is 0.143. The highest BCUT2D eigenvalue weighted by atomic mass is 32.2. The molecule has 1 atom stereocenters. The standard InChI is InChI=1S/C7H8N2OS/c1-11(10)9-6-7-2-4-8-5-3-7/h2-6H,1H3/b9-6+. The fourth-order valence-electron chi connectivity index (χ4n) is 0.585. The van der Waals surface area contributed by atoms with Crippen molar-refractivity contribution in [3.63, 3.8) is 0 Å². The molecule has 4 heteroatoms. The van der Waals surface area contributed by atoms with Gasteiger partial charge in [-0.3, -0.25) is 4.98 Å². The molecule has 0 spiro atoms. The van der Waals surface area contributed by atoms with Crippen molar-refractivity contribution in [2.75, 3.05) is 6.26 Å². The van der Waals surface area contributed by atoms with Crippen LogP contribution in [0.15, 0.2) is 28.9 Å². The van der Waals surface area contributed by atoms with Crippen molar-refractivity contribution in [2.45, 2.75) is 0 Å². The van der Waals surface area contributed by atoms with Crippen molar-refractivity contribution in [1.82, 2.24) is 4.98 Å². The lowest BCUT2D eigenvalue weighted by molar-refractivity contribution is 0.688. The van der Waals surface area contributed by atoms with Gasteiger partial charge in [-0.25, -0.2) is 4.21 Å². The molecule has 58 valence electrons. The van der Waals surface area contributed by atoms with Crippen LogP contribution in [0.2, 0.25) is 0 Å². The fourth-order valence-corrected chi connectivity index (χ4v) is 0.855. The molecule has 0 aromatic carbocycles. The zero-order chi connectivity index (χ0) is 8.10. The topological polar surface area (TPSA) is 42.3 Å². The van der Waals surface area contributed by atoms with Crippen LogP contribution in [0.3, 0.4) is 0 Å². The van der Waals surface area contributed by atoms with Crippen LogP contribution >= 0.6 is 0 Å². The molecular weight excluding hydrogens is 160 g/mol. The second kappa shape index (κ2) is 3.98. The van der Waals surface area contributed by atoms with Gasteiger partial charge in [0.1, 0.15) is 11.0 Å². The summed E-state index contributed by atoms with van der Waals surface area (Å²) in [6.07, 6.45) is 6.43. The molecule has 0 N–H and O–H groups in total. The third-order valence-corrected chi connectivity index (χ3v) is 1.46. The van der Waals surface area contributed by atoms with Crippen LogP contribution in [-0.4, -0.2) is 21.7 Å². The van der Waals surface area contributed by atoms with Crippen molar-refractivity contribution in [3.8, 4) is 0 Å². The first-order chi connectivity index (χ1) is 5.29. The molecule has 1 unspecified atom stereocenters. The van der Waals surface area contributed by atoms with Gasteiger partial charge in [-0.2, -0.15) is 4.40 Å². The predicted octanol–water partition coefficient (Wildman–Crippen LogP) is 0.794. The quantitative estimate of drug-likeness (QED) is 0.613. The second-order valence-corrected chi connectivity index (χ2v) is 3.00. The monoisotopic (exact) mass is 168 g/mol. The third kappa shape index (κ3) is 3.04. The van der Waals surface area contributed by atoms with Gasteiger partial charge in [-0.05, 0) is 17.7 Å². The van der Waals surface area contributed by atoms with E-state index < -0.39 is 11.0 Å². The van der Waals surface area contributed by atoms with E-state index in [1.54, 1.807) is 30.7 Å². The maximum absolute atomic E-state index is 10.5. The molecule has 0 fully saturated rings. The van der Waals surface area contributed by atoms with Gasteiger partial charge >= 0.3 is 0 Å². The van der Waals surface area contributed by atoms with Crippen LogP contribution in [0.25, 0.3) is 0 Å². The molecule has 0 saturated heterocycles. The van der Waals surface area contributed by atoms with Gasteiger partial charge in [-0.1, -0.05) is 0 Å². The van der Waals surface area contributed by atoms with Crippen LogP contribution in [0.4, 0.5) is 0 Å². The highest BCUT2D eigenvalue weighted by Gasteiger charge is 1.84. The number of pyridine rings is 1. The Morgan fingerprint density at radius 3 is 2.73 bits per heavy atom. The Bertz CT molecular complexity index is 271. The molecule has 0 aliphatic rings. The molecule has 0 saturated carbocycles. The van der Waals surface area contributed by atoms with Crippen molar-refractivity contribution in [1.29, 1.82) is 0 Å². The molecule has 0 amide bonds. The van der Waals surface area contributed by atoms with Gasteiger partial charge in [0.25, 0.3) is 0 Å². The van der Waals surface area contributed by atoms with Crippen molar-refractivity contribution in [2.24, 2.45) is 4.40 Å². The molecule has 0 aliphatic carbocycles. The molecule has 1 heterocycles. The van der Waals surface area contributed by atoms with Gasteiger partial charge in [0.15, 0.2) is 0 Å². The summed E-state index contributed by atoms with van der Waals surface area (Å²) < 4.78 is 14.2. The maximum atomic E-state index is 10.5. The molecule has 1 rings (SSSR count). The van der Waals surface area contributed by atoms with E-state index in [0.717, 1.165) is 5.56 Å². The number of hydrogen-bond acceptors (Lipinski definition) is 2. The van der Waals surface area contributed by atoms with Gasteiger partial charge in [0.05, 0.1) is 0 Å². The van der Waals surface area contributed by atoms with Crippen LogP contribution in [0.1, 0.15) is 5.56 Å². The molecular formula is C7H8N2OS. The summed E-state index contributed by atoms with van der Waals surface area (Å²) >= 11 is 0. The molecule has 3 nitrogen and oxygen atoms in total. The SMILES string of the molecule is CS(=O)/N=C/c1ccncc1. The zero-order valence-electron chi connectivity index (χ0n) is 6.10. The van der Waals surface area contributed by atoms with Gasteiger partial charge < -0.3 is 0 Å². The van der Waals surface area contributed by atoms with E-state index in [0.29, 0.717) is 0 Å². The Hall–Kier alpha value is -1.03. The van der Waals surface area contributed by atoms with Crippen LogP contribution in [0, 0.1) is 0 Å². The Balaban J connectivity index is 2.72. The van der Waals surface area contributed by atoms with E-state index in [9.17, 15) is 4.21 Å². The summed E-state index contributed by atoms with van der Waals surface area (Å²) in [7, 11) is -1.12. The lowest BCUT2D eigenvalue weighted by atomic mass is 10.3. The average molecular weight is 168 g/mol. The van der Waals surface area contributed by atoms with Crippen LogP contribution < -0.4 is 0 Å². The Morgan fingerprint density at radius 1 is 1.55 bits per heavy atom. The molecule has 11 heavy (non-hydrogen) atoms. The van der Waals surface area contributed by atoms with Crippen LogP contribution in [0.5, 0.6) is 0 Å². The Labute approximate surface area is 67.8 Å². The zero-order valence-corrected chi connectivity index (χ0v) is 6.91. The number of nitrogens with zero attached hydrogens (tertiary/aromatic N) is 2. The maximum Gasteiger partial charge on any atom is 0.136 e. The molecule has 1 aromatic rings. The third-order valence-electron chi connectivity index (χ3n) is 1.06.